The van der Waals surface area contributed by atoms with Gasteiger partial charge in [0.15, 0.2) is 0 Å². The predicted octanol–water partition coefficient (Wildman–Crippen LogP) is 9.16. The summed E-state index contributed by atoms with van der Waals surface area (Å²) in [6.45, 7) is 4.27. The zero-order valence-electron chi connectivity index (χ0n) is 17.9. The third-order valence-corrected chi connectivity index (χ3v) is 8.20. The molecule has 0 saturated carbocycles. The summed E-state index contributed by atoms with van der Waals surface area (Å²) in [6.07, 6.45) is 6.16. The Balaban J connectivity index is 1.56. The van der Waals surface area contributed by atoms with Crippen LogP contribution in [0, 0.1) is 0 Å². The van der Waals surface area contributed by atoms with Crippen LogP contribution in [0.3, 0.4) is 0 Å². The molecule has 0 amide bonds. The molecule has 0 bridgehead atoms. The van der Waals surface area contributed by atoms with Crippen LogP contribution >= 0.6 is 23.1 Å². The Morgan fingerprint density at radius 2 is 1.42 bits per heavy atom. The molecule has 1 aliphatic rings. The molecular weight excluding hydrogens is 438 g/mol. The van der Waals surface area contributed by atoms with Crippen molar-refractivity contribution in [1.29, 1.82) is 0 Å². The zero-order chi connectivity index (χ0) is 22.4. The van der Waals surface area contributed by atoms with Crippen LogP contribution in [0.4, 0.5) is 5.69 Å². The van der Waals surface area contributed by atoms with Gasteiger partial charge >= 0.3 is 0 Å². The molecule has 1 aromatic heterocycles. The number of rotatable bonds is 2. The highest BCUT2D eigenvalue weighted by Gasteiger charge is 2.15. The highest BCUT2D eigenvalue weighted by molar-refractivity contribution is 8.02. The average Bonchev–Trinajstić information content (AvgIpc) is 3.21. The SMILES string of the molecule is C=C1/C=C\C=C/Sc2c1cccc2-c1cc(N)cc(-c2cccc3c2sc2ccccc23)c1. The van der Waals surface area contributed by atoms with Gasteiger partial charge in [-0.15, -0.1) is 11.3 Å². The van der Waals surface area contributed by atoms with Crippen LogP contribution in [0.25, 0.3) is 48.0 Å². The predicted molar refractivity (Wildman–Crippen MR) is 148 cm³/mol. The molecule has 33 heavy (non-hydrogen) atoms. The minimum atomic E-state index is 0.767. The van der Waals surface area contributed by atoms with E-state index in [0.29, 0.717) is 0 Å². The second-order valence-corrected chi connectivity index (χ2v) is 10.1. The monoisotopic (exact) mass is 459 g/mol. The van der Waals surface area contributed by atoms with Gasteiger partial charge in [0.25, 0.3) is 0 Å². The third kappa shape index (κ3) is 3.50. The smallest absolute Gasteiger partial charge is 0.0433 e. The summed E-state index contributed by atoms with van der Waals surface area (Å²) in [6, 6.07) is 28.0. The highest BCUT2D eigenvalue weighted by Crippen LogP contribution is 2.43. The summed E-state index contributed by atoms with van der Waals surface area (Å²) in [7, 11) is 0. The minimum Gasteiger partial charge on any atom is -0.399 e. The first-order valence-corrected chi connectivity index (χ1v) is 12.5. The van der Waals surface area contributed by atoms with Gasteiger partial charge in [0.1, 0.15) is 0 Å². The maximum absolute atomic E-state index is 6.47. The summed E-state index contributed by atoms with van der Waals surface area (Å²) in [5.41, 5.74) is 14.1. The first-order chi connectivity index (χ1) is 16.2. The van der Waals surface area contributed by atoms with Crippen LogP contribution < -0.4 is 5.73 Å². The lowest BCUT2D eigenvalue weighted by Crippen LogP contribution is -1.93. The van der Waals surface area contributed by atoms with E-state index in [0.717, 1.165) is 28.0 Å². The second-order valence-electron chi connectivity index (χ2n) is 8.14. The van der Waals surface area contributed by atoms with Gasteiger partial charge in [-0.1, -0.05) is 91.2 Å². The van der Waals surface area contributed by atoms with E-state index in [1.807, 2.05) is 17.4 Å². The van der Waals surface area contributed by atoms with Gasteiger partial charge in [0, 0.05) is 30.8 Å². The molecule has 0 atom stereocenters. The van der Waals surface area contributed by atoms with Crippen LogP contribution in [0.5, 0.6) is 0 Å². The fraction of sp³-hybridized carbons (Fsp3) is 0. The Labute approximate surface area is 201 Å². The molecule has 4 aromatic carbocycles. The Kier molecular flexibility index (Phi) is 4.94. The van der Waals surface area contributed by atoms with Crippen molar-refractivity contribution in [3.63, 3.8) is 0 Å². The number of benzene rings is 4. The summed E-state index contributed by atoms with van der Waals surface area (Å²) in [5.74, 6) is 0. The van der Waals surface area contributed by atoms with E-state index in [4.69, 9.17) is 5.73 Å². The quantitative estimate of drug-likeness (QED) is 0.266. The maximum Gasteiger partial charge on any atom is 0.0433 e. The van der Waals surface area contributed by atoms with Crippen LogP contribution in [0.15, 0.2) is 114 Å². The number of hydrogen-bond acceptors (Lipinski definition) is 3. The number of thioether (sulfide) groups is 1. The molecule has 1 nitrogen and oxygen atoms in total. The lowest BCUT2D eigenvalue weighted by molar-refractivity contribution is 1.40. The van der Waals surface area contributed by atoms with Crippen LogP contribution in [-0.4, -0.2) is 0 Å². The Morgan fingerprint density at radius 3 is 2.33 bits per heavy atom. The summed E-state index contributed by atoms with van der Waals surface area (Å²) in [4.78, 5) is 1.21. The molecule has 0 fully saturated rings. The van der Waals surface area contributed by atoms with Gasteiger partial charge in [0.2, 0.25) is 0 Å². The lowest BCUT2D eigenvalue weighted by Gasteiger charge is -2.16. The molecule has 0 saturated heterocycles. The van der Waals surface area contributed by atoms with Crippen molar-refractivity contribution in [1.82, 2.24) is 0 Å². The summed E-state index contributed by atoms with van der Waals surface area (Å²) >= 11 is 3.58. The van der Waals surface area contributed by atoms with Crippen molar-refractivity contribution in [3.05, 3.63) is 115 Å². The van der Waals surface area contributed by atoms with Crippen molar-refractivity contribution in [3.8, 4) is 22.3 Å². The lowest BCUT2D eigenvalue weighted by atomic mass is 9.95. The van der Waals surface area contributed by atoms with E-state index in [2.05, 4.69) is 103 Å². The maximum atomic E-state index is 6.47. The molecule has 1 aliphatic heterocycles. The van der Waals surface area contributed by atoms with Crippen LogP contribution in [-0.2, 0) is 0 Å². The van der Waals surface area contributed by atoms with Gasteiger partial charge in [-0.25, -0.2) is 0 Å². The van der Waals surface area contributed by atoms with Gasteiger partial charge in [-0.2, -0.15) is 0 Å². The summed E-state index contributed by atoms with van der Waals surface area (Å²) < 4.78 is 2.61. The number of allylic oxidation sites excluding steroid dienone is 4. The van der Waals surface area contributed by atoms with Gasteiger partial charge < -0.3 is 5.73 Å². The minimum absolute atomic E-state index is 0.767. The summed E-state index contributed by atoms with van der Waals surface area (Å²) in [5, 5.41) is 4.73. The normalized spacial score (nSPS) is 15.2. The Hall–Kier alpha value is -3.53. The van der Waals surface area contributed by atoms with Gasteiger partial charge in [-0.05, 0) is 63.1 Å². The second kappa shape index (κ2) is 8.11. The highest BCUT2D eigenvalue weighted by atomic mass is 32.2. The molecule has 2 N–H and O–H groups in total. The van der Waals surface area contributed by atoms with Gasteiger partial charge in [0.05, 0.1) is 0 Å². The first-order valence-electron chi connectivity index (χ1n) is 10.8. The van der Waals surface area contributed by atoms with Crippen molar-refractivity contribution in [2.75, 3.05) is 5.73 Å². The van der Waals surface area contributed by atoms with E-state index in [1.54, 1.807) is 11.8 Å². The van der Waals surface area contributed by atoms with E-state index < -0.39 is 0 Å². The molecular formula is C30H21NS2. The standard InChI is InChI=1S/C30H21NS2/c1-19-8-4-5-15-32-29-23(19)10-6-11-24(29)20-16-21(18-22(31)17-20)25-12-7-13-27-26-9-2-3-14-28(26)33-30(25)27/h2-18H,1,31H2/b8-4-,15-5-. The van der Waals surface area contributed by atoms with Crippen LogP contribution in [0.1, 0.15) is 5.56 Å². The molecule has 158 valence electrons. The van der Waals surface area contributed by atoms with E-state index >= 15 is 0 Å². The number of hydrogen-bond donors (Lipinski definition) is 1. The molecule has 0 unspecified atom stereocenters. The molecule has 2 heterocycles. The van der Waals surface area contributed by atoms with E-state index in [-0.39, 0.29) is 0 Å². The third-order valence-electron chi connectivity index (χ3n) is 6.02. The van der Waals surface area contributed by atoms with Crippen molar-refractivity contribution in [2.24, 2.45) is 0 Å². The number of fused-ring (bicyclic) bond motifs is 4. The fourth-order valence-electron chi connectivity index (χ4n) is 4.50. The first kappa shape index (κ1) is 20.1. The van der Waals surface area contributed by atoms with Crippen molar-refractivity contribution < 1.29 is 0 Å². The number of nitrogens with two attached hydrogens (primary N) is 1. The molecule has 5 aromatic rings. The zero-order valence-corrected chi connectivity index (χ0v) is 19.5. The Bertz CT molecular complexity index is 1620. The number of nitrogen functional groups attached to an aromatic ring is 1. The Morgan fingerprint density at radius 1 is 0.697 bits per heavy atom. The molecule has 0 radical (unpaired) electrons. The fourth-order valence-corrected chi connectivity index (χ4v) is 6.68. The molecule has 0 spiro atoms. The average molecular weight is 460 g/mol. The number of anilines is 1. The molecule has 6 rings (SSSR count). The van der Waals surface area contributed by atoms with Crippen molar-refractivity contribution >= 4 is 54.5 Å². The molecule has 3 heteroatoms. The van der Waals surface area contributed by atoms with E-state index in [1.165, 1.54) is 36.2 Å². The number of thiophene rings is 1. The largest absolute Gasteiger partial charge is 0.399 e. The topological polar surface area (TPSA) is 26.0 Å². The van der Waals surface area contributed by atoms with E-state index in [9.17, 15) is 0 Å². The van der Waals surface area contributed by atoms with Crippen molar-refractivity contribution in [2.45, 2.75) is 4.90 Å². The molecule has 0 aliphatic carbocycles. The van der Waals surface area contributed by atoms with Gasteiger partial charge in [-0.3, -0.25) is 0 Å². The van der Waals surface area contributed by atoms with Crippen LogP contribution in [0.2, 0.25) is 0 Å².